The molecule has 0 aliphatic rings. The van der Waals surface area contributed by atoms with Crippen molar-refractivity contribution in [3.63, 3.8) is 0 Å². The fraction of sp³-hybridized carbons (Fsp3) is 0.625. The van der Waals surface area contributed by atoms with Crippen molar-refractivity contribution < 1.29 is 5.11 Å². The van der Waals surface area contributed by atoms with Crippen LogP contribution in [-0.2, 0) is 0 Å². The van der Waals surface area contributed by atoms with E-state index >= 15 is 0 Å². The van der Waals surface area contributed by atoms with Crippen molar-refractivity contribution >= 4 is 17.4 Å². The standard InChI is InChI=1S/C16H28N2OS/c1-6-15(17-12(2)16(11-19)20-5)13-7-9-14(10-8-13)18(3)4/h7-10,12,15-17,19H,6,11H2,1-5H3. The summed E-state index contributed by atoms with van der Waals surface area (Å²) >= 11 is 1.71. The van der Waals surface area contributed by atoms with Crippen LogP contribution in [0.15, 0.2) is 24.3 Å². The summed E-state index contributed by atoms with van der Waals surface area (Å²) in [5.74, 6) is 0. The van der Waals surface area contributed by atoms with E-state index in [2.05, 4.69) is 62.4 Å². The number of thioether (sulfide) groups is 1. The molecular weight excluding hydrogens is 268 g/mol. The van der Waals surface area contributed by atoms with Gasteiger partial charge in [-0.1, -0.05) is 19.1 Å². The van der Waals surface area contributed by atoms with Crippen LogP contribution in [-0.4, -0.2) is 43.4 Å². The van der Waals surface area contributed by atoms with E-state index in [1.807, 2.05) is 6.26 Å². The van der Waals surface area contributed by atoms with Crippen molar-refractivity contribution in [3.8, 4) is 0 Å². The zero-order valence-corrected chi connectivity index (χ0v) is 14.1. The molecule has 0 amide bonds. The molecule has 114 valence electrons. The van der Waals surface area contributed by atoms with Crippen LogP contribution < -0.4 is 10.2 Å². The van der Waals surface area contributed by atoms with Gasteiger partial charge in [0, 0.05) is 37.1 Å². The number of rotatable bonds is 8. The number of hydrogen-bond acceptors (Lipinski definition) is 4. The van der Waals surface area contributed by atoms with Crippen LogP contribution in [0, 0.1) is 0 Å². The van der Waals surface area contributed by atoms with Crippen molar-refractivity contribution in [2.75, 3.05) is 31.9 Å². The molecule has 1 rings (SSSR count). The molecule has 2 N–H and O–H groups in total. The van der Waals surface area contributed by atoms with Gasteiger partial charge in [-0.3, -0.25) is 0 Å². The summed E-state index contributed by atoms with van der Waals surface area (Å²) in [4.78, 5) is 2.11. The fourth-order valence-electron chi connectivity index (χ4n) is 2.32. The molecule has 1 aromatic carbocycles. The van der Waals surface area contributed by atoms with Gasteiger partial charge in [-0.15, -0.1) is 0 Å². The van der Waals surface area contributed by atoms with Gasteiger partial charge in [0.25, 0.3) is 0 Å². The minimum absolute atomic E-state index is 0.214. The van der Waals surface area contributed by atoms with E-state index in [1.54, 1.807) is 11.8 Å². The number of nitrogens with zero attached hydrogens (tertiary/aromatic N) is 1. The van der Waals surface area contributed by atoms with E-state index in [0.717, 1.165) is 6.42 Å². The second kappa shape index (κ2) is 8.55. The van der Waals surface area contributed by atoms with Crippen LogP contribution in [0.3, 0.4) is 0 Å². The Kier molecular flexibility index (Phi) is 7.41. The van der Waals surface area contributed by atoms with Crippen LogP contribution in [0.2, 0.25) is 0 Å². The topological polar surface area (TPSA) is 35.5 Å². The van der Waals surface area contributed by atoms with Gasteiger partial charge >= 0.3 is 0 Å². The molecule has 3 atom stereocenters. The molecule has 0 aliphatic carbocycles. The van der Waals surface area contributed by atoms with Gasteiger partial charge in [0.05, 0.1) is 6.61 Å². The molecule has 0 radical (unpaired) electrons. The van der Waals surface area contributed by atoms with Crippen molar-refractivity contribution in [2.24, 2.45) is 0 Å². The predicted molar refractivity (Wildman–Crippen MR) is 90.8 cm³/mol. The second-order valence-electron chi connectivity index (χ2n) is 5.36. The molecule has 0 saturated carbocycles. The maximum atomic E-state index is 9.38. The summed E-state index contributed by atoms with van der Waals surface area (Å²) < 4.78 is 0. The van der Waals surface area contributed by atoms with Crippen LogP contribution in [0.4, 0.5) is 5.69 Å². The van der Waals surface area contributed by atoms with E-state index in [4.69, 9.17) is 0 Å². The molecule has 0 bridgehead atoms. The summed E-state index contributed by atoms with van der Waals surface area (Å²) in [5, 5.41) is 13.3. The Morgan fingerprint density at radius 3 is 2.25 bits per heavy atom. The van der Waals surface area contributed by atoms with E-state index in [-0.39, 0.29) is 17.9 Å². The van der Waals surface area contributed by atoms with Crippen LogP contribution >= 0.6 is 11.8 Å². The highest BCUT2D eigenvalue weighted by Crippen LogP contribution is 2.22. The maximum absolute atomic E-state index is 9.38. The normalized spacial score (nSPS) is 15.7. The molecule has 3 nitrogen and oxygen atoms in total. The number of anilines is 1. The lowest BCUT2D eigenvalue weighted by Crippen LogP contribution is -2.39. The van der Waals surface area contributed by atoms with E-state index in [9.17, 15) is 5.11 Å². The summed E-state index contributed by atoms with van der Waals surface area (Å²) in [6.45, 7) is 4.55. The molecule has 3 unspecified atom stereocenters. The van der Waals surface area contributed by atoms with Gasteiger partial charge in [-0.25, -0.2) is 0 Å². The third-order valence-electron chi connectivity index (χ3n) is 3.72. The summed E-state index contributed by atoms with van der Waals surface area (Å²) in [6, 6.07) is 9.31. The van der Waals surface area contributed by atoms with Gasteiger partial charge in [0.1, 0.15) is 0 Å². The predicted octanol–water partition coefficient (Wildman–Crippen LogP) is 2.91. The Morgan fingerprint density at radius 2 is 1.85 bits per heavy atom. The number of aliphatic hydroxyl groups is 1. The lowest BCUT2D eigenvalue weighted by Gasteiger charge is -2.27. The summed E-state index contributed by atoms with van der Waals surface area (Å²) in [5.41, 5.74) is 2.52. The van der Waals surface area contributed by atoms with Gasteiger partial charge in [-0.2, -0.15) is 11.8 Å². The van der Waals surface area contributed by atoms with Crippen LogP contribution in [0.5, 0.6) is 0 Å². The molecule has 0 spiro atoms. The highest BCUT2D eigenvalue weighted by molar-refractivity contribution is 7.99. The van der Waals surface area contributed by atoms with E-state index in [1.165, 1.54) is 11.3 Å². The average Bonchev–Trinajstić information content (AvgIpc) is 2.46. The second-order valence-corrected chi connectivity index (χ2v) is 6.44. The quantitative estimate of drug-likeness (QED) is 0.773. The van der Waals surface area contributed by atoms with Gasteiger partial charge in [-0.05, 0) is 37.3 Å². The zero-order chi connectivity index (χ0) is 15.1. The van der Waals surface area contributed by atoms with Crippen LogP contribution in [0.1, 0.15) is 31.9 Å². The van der Waals surface area contributed by atoms with Gasteiger partial charge in [0.2, 0.25) is 0 Å². The van der Waals surface area contributed by atoms with Crippen LogP contribution in [0.25, 0.3) is 0 Å². The lowest BCUT2D eigenvalue weighted by atomic mass is 10.0. The Hall–Kier alpha value is -0.710. The Morgan fingerprint density at radius 1 is 1.25 bits per heavy atom. The SMILES string of the molecule is CCC(NC(C)C(CO)SC)c1ccc(N(C)C)cc1. The first kappa shape index (κ1) is 17.3. The van der Waals surface area contributed by atoms with E-state index < -0.39 is 0 Å². The lowest BCUT2D eigenvalue weighted by molar-refractivity contribution is 0.269. The minimum atomic E-state index is 0.214. The largest absolute Gasteiger partial charge is 0.395 e. The number of nitrogens with one attached hydrogen (secondary N) is 1. The van der Waals surface area contributed by atoms with Crippen molar-refractivity contribution in [3.05, 3.63) is 29.8 Å². The third kappa shape index (κ3) is 4.69. The van der Waals surface area contributed by atoms with Crippen molar-refractivity contribution in [2.45, 2.75) is 37.6 Å². The van der Waals surface area contributed by atoms with Gasteiger partial charge < -0.3 is 15.3 Å². The molecule has 20 heavy (non-hydrogen) atoms. The molecule has 0 saturated heterocycles. The maximum Gasteiger partial charge on any atom is 0.0564 e. The summed E-state index contributed by atoms with van der Waals surface area (Å²) in [7, 11) is 4.11. The van der Waals surface area contributed by atoms with Gasteiger partial charge in [0.15, 0.2) is 0 Å². The van der Waals surface area contributed by atoms with Crippen molar-refractivity contribution in [1.82, 2.24) is 5.32 Å². The first-order valence-electron chi connectivity index (χ1n) is 7.20. The Balaban J connectivity index is 2.75. The molecule has 0 aromatic heterocycles. The number of benzene rings is 1. The average molecular weight is 296 g/mol. The zero-order valence-electron chi connectivity index (χ0n) is 13.3. The first-order chi connectivity index (χ1) is 9.53. The number of hydrogen-bond donors (Lipinski definition) is 2. The molecule has 1 aromatic rings. The molecular formula is C16H28N2OS. The first-order valence-corrected chi connectivity index (χ1v) is 8.49. The highest BCUT2D eigenvalue weighted by atomic mass is 32.2. The Labute approximate surface area is 127 Å². The monoisotopic (exact) mass is 296 g/mol. The van der Waals surface area contributed by atoms with Crippen molar-refractivity contribution in [1.29, 1.82) is 0 Å². The van der Waals surface area contributed by atoms with E-state index in [0.29, 0.717) is 6.04 Å². The Bertz CT molecular complexity index is 377. The fourth-order valence-corrected chi connectivity index (χ4v) is 2.95. The molecule has 0 fully saturated rings. The smallest absolute Gasteiger partial charge is 0.0564 e. The molecule has 0 aliphatic heterocycles. The molecule has 4 heteroatoms. The minimum Gasteiger partial charge on any atom is -0.395 e. The number of aliphatic hydroxyl groups excluding tert-OH is 1. The summed E-state index contributed by atoms with van der Waals surface area (Å²) in [6.07, 6.45) is 3.09. The third-order valence-corrected chi connectivity index (χ3v) is 4.89. The highest BCUT2D eigenvalue weighted by Gasteiger charge is 2.19. The molecule has 0 heterocycles.